The van der Waals surface area contributed by atoms with E-state index in [1.54, 1.807) is 6.07 Å². The van der Waals surface area contributed by atoms with Crippen LogP contribution in [0.2, 0.25) is 0 Å². The molecule has 0 radical (unpaired) electrons. The highest BCUT2D eigenvalue weighted by Crippen LogP contribution is 2.29. The molecule has 2 aromatic carbocycles. The van der Waals surface area contributed by atoms with Crippen LogP contribution >= 0.6 is 15.9 Å². The van der Waals surface area contributed by atoms with Gasteiger partial charge in [-0.2, -0.15) is 0 Å². The smallest absolute Gasteiger partial charge is 0.273 e. The first-order chi connectivity index (χ1) is 9.66. The first kappa shape index (κ1) is 14.5. The van der Waals surface area contributed by atoms with Gasteiger partial charge in [0.1, 0.15) is 5.75 Å². The molecular weight excluding hydrogens is 326 g/mol. The number of benzene rings is 2. The number of nitro groups is 1. The molecule has 0 N–H and O–H groups in total. The maximum absolute atomic E-state index is 10.7. The molecule has 104 valence electrons. The van der Waals surface area contributed by atoms with Crippen LogP contribution < -0.4 is 4.74 Å². The molecule has 0 aliphatic carbocycles. The van der Waals surface area contributed by atoms with Crippen molar-refractivity contribution in [1.29, 1.82) is 0 Å². The van der Waals surface area contributed by atoms with Crippen LogP contribution in [0.15, 0.2) is 53.0 Å². The van der Waals surface area contributed by atoms with E-state index in [1.807, 2.05) is 30.3 Å². The van der Waals surface area contributed by atoms with Crippen LogP contribution in [0.5, 0.6) is 5.75 Å². The van der Waals surface area contributed by atoms with E-state index in [0.717, 1.165) is 5.56 Å². The van der Waals surface area contributed by atoms with Crippen LogP contribution in [0, 0.1) is 10.1 Å². The molecule has 0 saturated carbocycles. The Morgan fingerprint density at radius 2 is 1.90 bits per heavy atom. The van der Waals surface area contributed by atoms with Crippen LogP contribution in [0.3, 0.4) is 0 Å². The van der Waals surface area contributed by atoms with E-state index >= 15 is 0 Å². The third-order valence-electron chi connectivity index (χ3n) is 2.53. The molecular formula is C14H12BrNO4. The Hall–Kier alpha value is -1.92. The predicted molar refractivity (Wildman–Crippen MR) is 77.5 cm³/mol. The van der Waals surface area contributed by atoms with Gasteiger partial charge in [0.15, 0.2) is 6.79 Å². The fourth-order valence-corrected chi connectivity index (χ4v) is 1.92. The highest BCUT2D eigenvalue weighted by molar-refractivity contribution is 9.10. The van der Waals surface area contributed by atoms with Crippen molar-refractivity contribution in [2.24, 2.45) is 0 Å². The second-order valence-electron chi connectivity index (χ2n) is 3.97. The van der Waals surface area contributed by atoms with Crippen LogP contribution in [-0.4, -0.2) is 11.7 Å². The van der Waals surface area contributed by atoms with Crippen molar-refractivity contribution in [2.75, 3.05) is 6.79 Å². The fourth-order valence-electron chi connectivity index (χ4n) is 1.56. The van der Waals surface area contributed by atoms with E-state index in [9.17, 15) is 10.1 Å². The number of non-ortho nitro benzene ring substituents is 1. The quantitative estimate of drug-likeness (QED) is 0.347. The summed E-state index contributed by atoms with van der Waals surface area (Å²) < 4.78 is 11.4. The van der Waals surface area contributed by atoms with E-state index < -0.39 is 4.92 Å². The minimum absolute atomic E-state index is 0.0220. The van der Waals surface area contributed by atoms with E-state index in [-0.39, 0.29) is 12.5 Å². The lowest BCUT2D eigenvalue weighted by molar-refractivity contribution is -0.385. The number of ether oxygens (including phenoxy) is 2. The average Bonchev–Trinajstić information content (AvgIpc) is 2.46. The minimum Gasteiger partial charge on any atom is -0.466 e. The van der Waals surface area contributed by atoms with Gasteiger partial charge in [0.2, 0.25) is 0 Å². The fraction of sp³-hybridized carbons (Fsp3) is 0.143. The van der Waals surface area contributed by atoms with Crippen molar-refractivity contribution in [3.8, 4) is 5.75 Å². The Kier molecular flexibility index (Phi) is 5.09. The zero-order valence-electron chi connectivity index (χ0n) is 10.5. The van der Waals surface area contributed by atoms with Crippen molar-refractivity contribution >= 4 is 21.6 Å². The number of nitro benzene ring substituents is 1. The molecule has 0 heterocycles. The van der Waals surface area contributed by atoms with Crippen molar-refractivity contribution in [1.82, 2.24) is 0 Å². The van der Waals surface area contributed by atoms with Crippen molar-refractivity contribution in [3.05, 3.63) is 68.7 Å². The van der Waals surface area contributed by atoms with Gasteiger partial charge in [-0.25, -0.2) is 0 Å². The van der Waals surface area contributed by atoms with Gasteiger partial charge in [0.25, 0.3) is 5.69 Å². The molecule has 20 heavy (non-hydrogen) atoms. The van der Waals surface area contributed by atoms with Gasteiger partial charge in [-0.3, -0.25) is 10.1 Å². The largest absolute Gasteiger partial charge is 0.466 e. The number of halogens is 1. The number of hydrogen-bond donors (Lipinski definition) is 0. The number of nitrogens with zero attached hydrogens (tertiary/aromatic N) is 1. The Bertz CT molecular complexity index is 589. The Labute approximate surface area is 124 Å². The third kappa shape index (κ3) is 4.04. The van der Waals surface area contributed by atoms with Crippen LogP contribution in [-0.2, 0) is 11.3 Å². The van der Waals surface area contributed by atoms with Crippen molar-refractivity contribution < 1.29 is 14.4 Å². The van der Waals surface area contributed by atoms with Gasteiger partial charge >= 0.3 is 0 Å². The van der Waals surface area contributed by atoms with Gasteiger partial charge in [0.05, 0.1) is 22.1 Å². The zero-order valence-corrected chi connectivity index (χ0v) is 12.1. The average molecular weight is 338 g/mol. The van der Waals surface area contributed by atoms with Gasteiger partial charge in [0, 0.05) is 6.07 Å². The molecule has 0 fully saturated rings. The standard InChI is InChI=1S/C14H12BrNO4/c15-13-7-6-12(16(17)18)8-14(13)20-10-19-9-11-4-2-1-3-5-11/h1-8H,9-10H2. The van der Waals surface area contributed by atoms with Crippen LogP contribution in [0.4, 0.5) is 5.69 Å². The minimum atomic E-state index is -0.468. The lowest BCUT2D eigenvalue weighted by atomic mass is 10.2. The number of rotatable bonds is 6. The summed E-state index contributed by atoms with van der Waals surface area (Å²) in [6.07, 6.45) is 0. The molecule has 5 nitrogen and oxygen atoms in total. The maximum Gasteiger partial charge on any atom is 0.273 e. The molecule has 2 aromatic rings. The van der Waals surface area contributed by atoms with E-state index in [2.05, 4.69) is 15.9 Å². The summed E-state index contributed by atoms with van der Waals surface area (Å²) in [5, 5.41) is 10.7. The van der Waals surface area contributed by atoms with Crippen LogP contribution in [0.1, 0.15) is 5.56 Å². The van der Waals surface area contributed by atoms with Gasteiger partial charge in [-0.15, -0.1) is 0 Å². The summed E-state index contributed by atoms with van der Waals surface area (Å²) in [6.45, 7) is 0.446. The topological polar surface area (TPSA) is 61.6 Å². The van der Waals surface area contributed by atoms with Crippen molar-refractivity contribution in [3.63, 3.8) is 0 Å². The molecule has 0 spiro atoms. The molecule has 0 bridgehead atoms. The molecule has 0 aliphatic heterocycles. The summed E-state index contributed by atoms with van der Waals surface area (Å²) in [5.74, 6) is 0.382. The Morgan fingerprint density at radius 3 is 2.60 bits per heavy atom. The van der Waals surface area contributed by atoms with Gasteiger partial charge < -0.3 is 9.47 Å². The first-order valence-electron chi connectivity index (χ1n) is 5.85. The van der Waals surface area contributed by atoms with E-state index in [1.165, 1.54) is 12.1 Å². The summed E-state index contributed by atoms with van der Waals surface area (Å²) in [7, 11) is 0. The molecule has 2 rings (SSSR count). The molecule has 0 amide bonds. The molecule has 6 heteroatoms. The van der Waals surface area contributed by atoms with Crippen molar-refractivity contribution in [2.45, 2.75) is 6.61 Å². The molecule has 0 aliphatic rings. The zero-order chi connectivity index (χ0) is 14.4. The second kappa shape index (κ2) is 7.02. The van der Waals surface area contributed by atoms with Gasteiger partial charge in [-0.05, 0) is 27.6 Å². The SMILES string of the molecule is O=[N+]([O-])c1ccc(Br)c(OCOCc2ccccc2)c1. The monoisotopic (exact) mass is 337 g/mol. The molecule has 0 unspecified atom stereocenters. The molecule has 0 aromatic heterocycles. The summed E-state index contributed by atoms with van der Waals surface area (Å²) >= 11 is 3.27. The lowest BCUT2D eigenvalue weighted by Gasteiger charge is -2.08. The summed E-state index contributed by atoms with van der Waals surface area (Å²) in [6, 6.07) is 14.0. The highest BCUT2D eigenvalue weighted by Gasteiger charge is 2.10. The summed E-state index contributed by atoms with van der Waals surface area (Å²) in [5.41, 5.74) is 1.01. The van der Waals surface area contributed by atoms with E-state index in [4.69, 9.17) is 9.47 Å². The summed E-state index contributed by atoms with van der Waals surface area (Å²) in [4.78, 5) is 10.2. The van der Waals surface area contributed by atoms with E-state index in [0.29, 0.717) is 16.8 Å². The normalized spacial score (nSPS) is 10.2. The second-order valence-corrected chi connectivity index (χ2v) is 4.82. The Balaban J connectivity index is 1.88. The highest BCUT2D eigenvalue weighted by atomic mass is 79.9. The maximum atomic E-state index is 10.7. The number of hydrogen-bond acceptors (Lipinski definition) is 4. The Morgan fingerprint density at radius 1 is 1.15 bits per heavy atom. The lowest BCUT2D eigenvalue weighted by Crippen LogP contribution is -2.03. The third-order valence-corrected chi connectivity index (χ3v) is 3.19. The predicted octanol–water partition coefficient (Wildman–Crippen LogP) is 3.91. The van der Waals surface area contributed by atoms with Gasteiger partial charge in [-0.1, -0.05) is 30.3 Å². The molecule has 0 atom stereocenters. The first-order valence-corrected chi connectivity index (χ1v) is 6.64. The van der Waals surface area contributed by atoms with Crippen LogP contribution in [0.25, 0.3) is 0 Å². The molecule has 0 saturated heterocycles.